The number of rotatable bonds is 1. The normalized spacial score (nSPS) is 29.1. The zero-order chi connectivity index (χ0) is 9.26. The number of thiophene rings is 1. The monoisotopic (exact) mass is 197 g/mol. The Morgan fingerprint density at radius 2 is 2.38 bits per heavy atom. The van der Waals surface area contributed by atoms with Crippen molar-refractivity contribution in [2.24, 2.45) is 0 Å². The molecule has 1 saturated heterocycles. The molecule has 1 aliphatic rings. The highest BCUT2D eigenvalue weighted by atomic mass is 32.1. The van der Waals surface area contributed by atoms with Crippen LogP contribution in [0, 0.1) is 6.92 Å². The average Bonchev–Trinajstić information content (AvgIpc) is 2.51. The van der Waals surface area contributed by atoms with Crippen LogP contribution in [-0.4, -0.2) is 19.3 Å². The Kier molecular flexibility index (Phi) is 2.67. The third-order valence-electron chi connectivity index (χ3n) is 2.36. The Hall–Kier alpha value is -0.380. The van der Waals surface area contributed by atoms with Crippen molar-refractivity contribution in [1.29, 1.82) is 0 Å². The zero-order valence-corrected chi connectivity index (χ0v) is 8.86. The molecule has 2 nitrogen and oxygen atoms in total. The minimum absolute atomic E-state index is 0.406. The Bertz CT molecular complexity index is 284. The predicted octanol–water partition coefficient (Wildman–Crippen LogP) is 2.11. The maximum Gasteiger partial charge on any atom is 0.0670 e. The van der Waals surface area contributed by atoms with Crippen molar-refractivity contribution in [3.63, 3.8) is 0 Å². The van der Waals surface area contributed by atoms with E-state index in [1.807, 2.05) is 11.3 Å². The van der Waals surface area contributed by atoms with E-state index in [2.05, 4.69) is 30.6 Å². The van der Waals surface area contributed by atoms with Crippen LogP contribution in [0.5, 0.6) is 0 Å². The van der Waals surface area contributed by atoms with Crippen LogP contribution < -0.4 is 5.32 Å². The van der Waals surface area contributed by atoms with Gasteiger partial charge in [-0.2, -0.15) is 0 Å². The van der Waals surface area contributed by atoms with Crippen molar-refractivity contribution < 1.29 is 4.74 Å². The second-order valence-corrected chi connectivity index (χ2v) is 4.57. The number of morpholine rings is 1. The molecule has 0 radical (unpaired) electrons. The Morgan fingerprint density at radius 3 is 3.00 bits per heavy atom. The van der Waals surface area contributed by atoms with Gasteiger partial charge in [-0.15, -0.1) is 11.3 Å². The molecule has 2 atom stereocenters. The van der Waals surface area contributed by atoms with Gasteiger partial charge in [0, 0.05) is 10.9 Å². The molecule has 2 unspecified atom stereocenters. The Morgan fingerprint density at radius 1 is 1.54 bits per heavy atom. The summed E-state index contributed by atoms with van der Waals surface area (Å²) in [4.78, 5) is 1.42. The highest BCUT2D eigenvalue weighted by molar-refractivity contribution is 7.10. The van der Waals surface area contributed by atoms with E-state index in [1.54, 1.807) is 0 Å². The van der Waals surface area contributed by atoms with Gasteiger partial charge in [-0.05, 0) is 30.9 Å². The van der Waals surface area contributed by atoms with Crippen LogP contribution in [0.4, 0.5) is 0 Å². The van der Waals surface area contributed by atoms with Crippen molar-refractivity contribution in [2.75, 3.05) is 13.2 Å². The summed E-state index contributed by atoms with van der Waals surface area (Å²) < 4.78 is 5.52. The van der Waals surface area contributed by atoms with E-state index in [0.29, 0.717) is 12.1 Å². The number of hydrogen-bond acceptors (Lipinski definition) is 3. The molecular weight excluding hydrogens is 182 g/mol. The maximum absolute atomic E-state index is 5.52. The van der Waals surface area contributed by atoms with Gasteiger partial charge in [-0.25, -0.2) is 0 Å². The fourth-order valence-corrected chi connectivity index (χ4v) is 2.67. The van der Waals surface area contributed by atoms with E-state index in [-0.39, 0.29) is 0 Å². The molecule has 1 aromatic heterocycles. The molecule has 1 aromatic rings. The van der Waals surface area contributed by atoms with Gasteiger partial charge in [-0.1, -0.05) is 0 Å². The fraction of sp³-hybridized carbons (Fsp3) is 0.600. The first-order valence-electron chi connectivity index (χ1n) is 4.65. The highest BCUT2D eigenvalue weighted by Gasteiger charge is 2.21. The fourth-order valence-electron chi connectivity index (χ4n) is 1.70. The molecule has 0 saturated carbocycles. The molecule has 1 aliphatic heterocycles. The topological polar surface area (TPSA) is 21.3 Å². The summed E-state index contributed by atoms with van der Waals surface area (Å²) in [6.07, 6.45) is 0. The van der Waals surface area contributed by atoms with Crippen LogP contribution in [0.15, 0.2) is 11.4 Å². The van der Waals surface area contributed by atoms with Crippen LogP contribution in [0.3, 0.4) is 0 Å². The first kappa shape index (κ1) is 9.19. The highest BCUT2D eigenvalue weighted by Crippen LogP contribution is 2.26. The van der Waals surface area contributed by atoms with Crippen molar-refractivity contribution >= 4 is 11.3 Å². The van der Waals surface area contributed by atoms with E-state index in [4.69, 9.17) is 4.74 Å². The van der Waals surface area contributed by atoms with Crippen molar-refractivity contribution in [3.8, 4) is 0 Å². The third kappa shape index (κ3) is 1.93. The maximum atomic E-state index is 5.52. The van der Waals surface area contributed by atoms with E-state index in [9.17, 15) is 0 Å². The summed E-state index contributed by atoms with van der Waals surface area (Å²) in [6, 6.07) is 3.05. The lowest BCUT2D eigenvalue weighted by Gasteiger charge is -2.28. The Labute approximate surface area is 82.9 Å². The summed E-state index contributed by atoms with van der Waals surface area (Å²) in [6.45, 7) is 5.97. The molecule has 0 aromatic carbocycles. The quantitative estimate of drug-likeness (QED) is 0.744. The van der Waals surface area contributed by atoms with Gasteiger partial charge >= 0.3 is 0 Å². The van der Waals surface area contributed by atoms with E-state index < -0.39 is 0 Å². The number of aryl methyl sites for hydroxylation is 1. The zero-order valence-electron chi connectivity index (χ0n) is 8.04. The van der Waals surface area contributed by atoms with Crippen LogP contribution in [-0.2, 0) is 4.74 Å². The van der Waals surface area contributed by atoms with Crippen LogP contribution >= 0.6 is 11.3 Å². The predicted molar refractivity (Wildman–Crippen MR) is 55.2 cm³/mol. The van der Waals surface area contributed by atoms with Gasteiger partial charge in [0.05, 0.1) is 19.3 Å². The van der Waals surface area contributed by atoms with Crippen LogP contribution in [0.25, 0.3) is 0 Å². The lowest BCUT2D eigenvalue weighted by molar-refractivity contribution is 0.0512. The minimum atomic E-state index is 0.406. The summed E-state index contributed by atoms with van der Waals surface area (Å²) in [5, 5.41) is 5.69. The molecule has 3 heteroatoms. The molecule has 72 valence electrons. The first-order valence-corrected chi connectivity index (χ1v) is 5.53. The van der Waals surface area contributed by atoms with Crippen molar-refractivity contribution in [2.45, 2.75) is 25.9 Å². The molecule has 0 amide bonds. The second-order valence-electron chi connectivity index (χ2n) is 3.63. The van der Waals surface area contributed by atoms with E-state index in [0.717, 1.165) is 13.2 Å². The van der Waals surface area contributed by atoms with Gasteiger partial charge in [0.25, 0.3) is 0 Å². The molecule has 13 heavy (non-hydrogen) atoms. The molecule has 0 aliphatic carbocycles. The third-order valence-corrected chi connectivity index (χ3v) is 3.49. The molecule has 2 heterocycles. The van der Waals surface area contributed by atoms with Crippen molar-refractivity contribution in [3.05, 3.63) is 21.9 Å². The summed E-state index contributed by atoms with van der Waals surface area (Å²) in [5.41, 5.74) is 1.38. The van der Waals surface area contributed by atoms with E-state index >= 15 is 0 Å². The lowest BCUT2D eigenvalue weighted by atomic mass is 10.1. The Balaban J connectivity index is 2.12. The largest absolute Gasteiger partial charge is 0.378 e. The molecule has 0 spiro atoms. The molecular formula is C10H15NOS. The molecule has 1 fully saturated rings. The standard InChI is InChI=1S/C10H15NOS/c1-7-3-4-13-10(7)9-6-12-5-8(2)11-9/h3-4,8-9,11H,5-6H2,1-2H3. The van der Waals surface area contributed by atoms with Crippen molar-refractivity contribution in [1.82, 2.24) is 5.32 Å². The number of nitrogens with one attached hydrogen (secondary N) is 1. The van der Waals surface area contributed by atoms with Crippen LogP contribution in [0.2, 0.25) is 0 Å². The molecule has 2 rings (SSSR count). The van der Waals surface area contributed by atoms with Gasteiger partial charge in [0.1, 0.15) is 0 Å². The molecule has 1 N–H and O–H groups in total. The van der Waals surface area contributed by atoms with Gasteiger partial charge in [0.2, 0.25) is 0 Å². The first-order chi connectivity index (χ1) is 6.27. The van der Waals surface area contributed by atoms with E-state index in [1.165, 1.54) is 10.4 Å². The second kappa shape index (κ2) is 3.78. The van der Waals surface area contributed by atoms with Gasteiger partial charge < -0.3 is 10.1 Å². The van der Waals surface area contributed by atoms with Gasteiger partial charge in [0.15, 0.2) is 0 Å². The minimum Gasteiger partial charge on any atom is -0.378 e. The average molecular weight is 197 g/mol. The SMILES string of the molecule is Cc1ccsc1C1COCC(C)N1. The lowest BCUT2D eigenvalue weighted by Crippen LogP contribution is -2.41. The molecule has 0 bridgehead atoms. The summed E-state index contributed by atoms with van der Waals surface area (Å²) >= 11 is 1.82. The number of ether oxygens (including phenoxy) is 1. The number of hydrogen-bond donors (Lipinski definition) is 1. The van der Waals surface area contributed by atoms with Gasteiger partial charge in [-0.3, -0.25) is 0 Å². The van der Waals surface area contributed by atoms with Crippen LogP contribution in [0.1, 0.15) is 23.4 Å². The smallest absolute Gasteiger partial charge is 0.0670 e. The summed E-state index contributed by atoms with van der Waals surface area (Å²) in [7, 11) is 0. The summed E-state index contributed by atoms with van der Waals surface area (Å²) in [5.74, 6) is 0.